The highest BCUT2D eigenvalue weighted by molar-refractivity contribution is 5.23. The van der Waals surface area contributed by atoms with E-state index in [1.54, 1.807) is 4.90 Å². The first-order valence-corrected chi connectivity index (χ1v) is 5.08. The summed E-state index contributed by atoms with van der Waals surface area (Å²) >= 11 is 0. The Labute approximate surface area is 86.2 Å². The van der Waals surface area contributed by atoms with Crippen LogP contribution in [0.5, 0.6) is 0 Å². The first-order valence-electron chi connectivity index (χ1n) is 5.08. The van der Waals surface area contributed by atoms with Crippen LogP contribution >= 0.6 is 0 Å². The van der Waals surface area contributed by atoms with Gasteiger partial charge in [0.05, 0.1) is 0 Å². The number of hydrogen-bond acceptors (Lipinski definition) is 2. The van der Waals surface area contributed by atoms with Crippen LogP contribution in [-0.2, 0) is 6.42 Å². The molecule has 0 saturated heterocycles. The third kappa shape index (κ3) is 2.82. The van der Waals surface area contributed by atoms with Gasteiger partial charge in [0.1, 0.15) is 6.23 Å². The fourth-order valence-electron chi connectivity index (χ4n) is 1.44. The number of aliphatic hydroxyl groups is 1. The van der Waals surface area contributed by atoms with Crippen molar-refractivity contribution in [3.8, 4) is 0 Å². The Morgan fingerprint density at radius 3 is 2.21 bits per heavy atom. The second-order valence-electron chi connectivity index (χ2n) is 3.83. The molecule has 0 spiro atoms. The Morgan fingerprint density at radius 1 is 1.21 bits per heavy atom. The second-order valence-corrected chi connectivity index (χ2v) is 3.83. The van der Waals surface area contributed by atoms with Gasteiger partial charge in [-0.1, -0.05) is 37.6 Å². The van der Waals surface area contributed by atoms with Gasteiger partial charge in [0.2, 0.25) is 0 Å². The van der Waals surface area contributed by atoms with Gasteiger partial charge in [-0.15, -0.1) is 0 Å². The number of hydrogen-bond donors (Lipinski definition) is 1. The zero-order valence-electron chi connectivity index (χ0n) is 9.20. The highest BCUT2D eigenvalue weighted by atomic mass is 16.3. The standard InChI is InChI=1S/C12H19NO/c1-4-5-10-6-8-11(9-7-10)12(14)13(2)3/h6-9,12,14H,4-5H2,1-3H3. The van der Waals surface area contributed by atoms with Crippen molar-refractivity contribution < 1.29 is 5.11 Å². The van der Waals surface area contributed by atoms with Crippen molar-refractivity contribution in [1.82, 2.24) is 4.90 Å². The van der Waals surface area contributed by atoms with Crippen molar-refractivity contribution in [2.75, 3.05) is 14.1 Å². The molecule has 0 amide bonds. The minimum Gasteiger partial charge on any atom is -0.374 e. The van der Waals surface area contributed by atoms with E-state index in [1.165, 1.54) is 5.56 Å². The van der Waals surface area contributed by atoms with Gasteiger partial charge in [0, 0.05) is 0 Å². The summed E-state index contributed by atoms with van der Waals surface area (Å²) in [6.07, 6.45) is 1.78. The molecular weight excluding hydrogens is 174 g/mol. The smallest absolute Gasteiger partial charge is 0.133 e. The number of aliphatic hydroxyl groups excluding tert-OH is 1. The Morgan fingerprint density at radius 2 is 1.79 bits per heavy atom. The van der Waals surface area contributed by atoms with E-state index in [0.29, 0.717) is 0 Å². The first-order chi connectivity index (χ1) is 6.65. The van der Waals surface area contributed by atoms with Crippen LogP contribution < -0.4 is 0 Å². The molecule has 0 aliphatic rings. The van der Waals surface area contributed by atoms with Crippen molar-refractivity contribution in [1.29, 1.82) is 0 Å². The largest absolute Gasteiger partial charge is 0.374 e. The van der Waals surface area contributed by atoms with E-state index >= 15 is 0 Å². The topological polar surface area (TPSA) is 23.5 Å². The van der Waals surface area contributed by atoms with E-state index in [-0.39, 0.29) is 0 Å². The van der Waals surface area contributed by atoms with Crippen molar-refractivity contribution in [3.05, 3.63) is 35.4 Å². The van der Waals surface area contributed by atoms with Gasteiger partial charge in [-0.3, -0.25) is 4.90 Å². The minimum atomic E-state index is -0.495. The maximum atomic E-state index is 9.74. The van der Waals surface area contributed by atoms with Crippen molar-refractivity contribution in [2.45, 2.75) is 26.0 Å². The summed E-state index contributed by atoms with van der Waals surface area (Å²) < 4.78 is 0. The van der Waals surface area contributed by atoms with Crippen LogP contribution in [0.4, 0.5) is 0 Å². The molecule has 0 aliphatic carbocycles. The Hall–Kier alpha value is -0.860. The minimum absolute atomic E-state index is 0.495. The monoisotopic (exact) mass is 193 g/mol. The number of benzene rings is 1. The Balaban J connectivity index is 2.72. The van der Waals surface area contributed by atoms with E-state index in [2.05, 4.69) is 19.1 Å². The molecule has 0 radical (unpaired) electrons. The lowest BCUT2D eigenvalue weighted by Gasteiger charge is -2.18. The molecule has 0 aromatic heterocycles. The molecule has 1 aromatic rings. The van der Waals surface area contributed by atoms with Crippen LogP contribution in [0.1, 0.15) is 30.7 Å². The molecule has 0 bridgehead atoms. The average molecular weight is 193 g/mol. The molecule has 0 fully saturated rings. The fraction of sp³-hybridized carbons (Fsp3) is 0.500. The van der Waals surface area contributed by atoms with Crippen molar-refractivity contribution in [3.63, 3.8) is 0 Å². The van der Waals surface area contributed by atoms with Crippen LogP contribution in [0.15, 0.2) is 24.3 Å². The van der Waals surface area contributed by atoms with E-state index in [9.17, 15) is 5.11 Å². The van der Waals surface area contributed by atoms with Gasteiger partial charge >= 0.3 is 0 Å². The maximum Gasteiger partial charge on any atom is 0.133 e. The summed E-state index contributed by atoms with van der Waals surface area (Å²) in [6, 6.07) is 8.17. The van der Waals surface area contributed by atoms with Gasteiger partial charge in [0.25, 0.3) is 0 Å². The fourth-order valence-corrected chi connectivity index (χ4v) is 1.44. The molecule has 1 unspecified atom stereocenters. The third-order valence-corrected chi connectivity index (χ3v) is 2.31. The molecular formula is C12H19NO. The van der Waals surface area contributed by atoms with Gasteiger partial charge in [0.15, 0.2) is 0 Å². The summed E-state index contributed by atoms with van der Waals surface area (Å²) in [5.41, 5.74) is 2.29. The van der Waals surface area contributed by atoms with Crippen LogP contribution in [0, 0.1) is 0 Å². The van der Waals surface area contributed by atoms with Crippen LogP contribution in [0.3, 0.4) is 0 Å². The number of nitrogens with zero attached hydrogens (tertiary/aromatic N) is 1. The summed E-state index contributed by atoms with van der Waals surface area (Å²) in [4.78, 5) is 1.79. The third-order valence-electron chi connectivity index (χ3n) is 2.31. The highest BCUT2D eigenvalue weighted by Crippen LogP contribution is 2.15. The van der Waals surface area contributed by atoms with E-state index in [4.69, 9.17) is 0 Å². The molecule has 0 saturated carbocycles. The maximum absolute atomic E-state index is 9.74. The summed E-state index contributed by atoms with van der Waals surface area (Å²) in [7, 11) is 3.73. The molecule has 1 atom stereocenters. The molecule has 1 N–H and O–H groups in total. The molecule has 0 aliphatic heterocycles. The lowest BCUT2D eigenvalue weighted by Crippen LogP contribution is -2.19. The molecule has 2 heteroatoms. The number of aryl methyl sites for hydroxylation is 1. The molecule has 2 nitrogen and oxygen atoms in total. The van der Waals surface area contributed by atoms with Crippen molar-refractivity contribution in [2.24, 2.45) is 0 Å². The van der Waals surface area contributed by atoms with Crippen molar-refractivity contribution >= 4 is 0 Å². The summed E-state index contributed by atoms with van der Waals surface area (Å²) in [5, 5.41) is 9.74. The zero-order chi connectivity index (χ0) is 10.6. The van der Waals surface area contributed by atoms with Crippen LogP contribution in [-0.4, -0.2) is 24.1 Å². The zero-order valence-corrected chi connectivity index (χ0v) is 9.20. The number of rotatable bonds is 4. The molecule has 14 heavy (non-hydrogen) atoms. The van der Waals surface area contributed by atoms with Gasteiger partial charge < -0.3 is 5.11 Å². The normalized spacial score (nSPS) is 13.2. The summed E-state index contributed by atoms with van der Waals surface area (Å²) in [6.45, 7) is 2.17. The lowest BCUT2D eigenvalue weighted by atomic mass is 10.1. The van der Waals surface area contributed by atoms with E-state index in [0.717, 1.165) is 18.4 Å². The van der Waals surface area contributed by atoms with Gasteiger partial charge in [-0.2, -0.15) is 0 Å². The SMILES string of the molecule is CCCc1ccc(C(O)N(C)C)cc1. The van der Waals surface area contributed by atoms with E-state index < -0.39 is 6.23 Å². The van der Waals surface area contributed by atoms with Crippen LogP contribution in [0.25, 0.3) is 0 Å². The van der Waals surface area contributed by atoms with E-state index in [1.807, 2.05) is 26.2 Å². The van der Waals surface area contributed by atoms with Crippen LogP contribution in [0.2, 0.25) is 0 Å². The Bertz CT molecular complexity index is 266. The first kappa shape index (κ1) is 11.2. The highest BCUT2D eigenvalue weighted by Gasteiger charge is 2.08. The molecule has 1 aromatic carbocycles. The molecule has 1 rings (SSSR count). The predicted molar refractivity (Wildman–Crippen MR) is 59.1 cm³/mol. The second kappa shape index (κ2) is 5.13. The molecule has 78 valence electrons. The predicted octanol–water partition coefficient (Wildman–Crippen LogP) is 2.19. The van der Waals surface area contributed by atoms with Gasteiger partial charge in [-0.05, 0) is 31.6 Å². The quantitative estimate of drug-likeness (QED) is 0.741. The Kier molecular flexibility index (Phi) is 4.11. The lowest BCUT2D eigenvalue weighted by molar-refractivity contribution is 0.0395. The summed E-state index contributed by atoms with van der Waals surface area (Å²) in [5.74, 6) is 0. The average Bonchev–Trinajstić information content (AvgIpc) is 2.18. The molecule has 0 heterocycles. The van der Waals surface area contributed by atoms with Gasteiger partial charge in [-0.25, -0.2) is 0 Å².